The first-order valence-electron chi connectivity index (χ1n) is 23.1. The lowest BCUT2D eigenvalue weighted by molar-refractivity contribution is 1.17. The predicted octanol–water partition coefficient (Wildman–Crippen LogP) is 16.7. The quantitative estimate of drug-likeness (QED) is 0.153. The molecule has 0 fully saturated rings. The number of para-hydroxylation sites is 2. The summed E-state index contributed by atoms with van der Waals surface area (Å²) >= 11 is 0. The van der Waals surface area contributed by atoms with Crippen molar-refractivity contribution in [3.05, 3.63) is 255 Å². The Morgan fingerprint density at radius 1 is 0.221 bits per heavy atom. The molecule has 0 amide bonds. The molecule has 0 spiro atoms. The maximum absolute atomic E-state index is 5.10. The number of rotatable bonds is 8. The van der Waals surface area contributed by atoms with Gasteiger partial charge in [-0.25, -0.2) is 9.97 Å². The Balaban J connectivity index is 0.867. The molecule has 0 saturated carbocycles. The van der Waals surface area contributed by atoms with Gasteiger partial charge < -0.3 is 9.13 Å². The summed E-state index contributed by atoms with van der Waals surface area (Å²) in [7, 11) is 0. The molecule has 13 rings (SSSR count). The van der Waals surface area contributed by atoms with E-state index in [0.717, 1.165) is 45.0 Å². The molecule has 0 aliphatic carbocycles. The van der Waals surface area contributed by atoms with E-state index in [0.29, 0.717) is 5.82 Å². The fraction of sp³-hybridized carbons (Fsp3) is 0. The van der Waals surface area contributed by atoms with Gasteiger partial charge in [0.1, 0.15) is 0 Å². The van der Waals surface area contributed by atoms with Crippen molar-refractivity contribution >= 4 is 43.6 Å². The minimum absolute atomic E-state index is 0.708. The van der Waals surface area contributed by atoms with E-state index < -0.39 is 0 Å². The Hall–Kier alpha value is -9.12. The molecule has 68 heavy (non-hydrogen) atoms. The predicted molar refractivity (Wildman–Crippen MR) is 283 cm³/mol. The molecule has 318 valence electrons. The van der Waals surface area contributed by atoms with E-state index in [-0.39, 0.29) is 0 Å². The lowest BCUT2D eigenvalue weighted by atomic mass is 10.00. The fourth-order valence-corrected chi connectivity index (χ4v) is 10.00. The summed E-state index contributed by atoms with van der Waals surface area (Å²) in [5.74, 6) is 0.708. The van der Waals surface area contributed by atoms with E-state index in [1.165, 1.54) is 71.5 Å². The van der Waals surface area contributed by atoms with Gasteiger partial charge in [-0.1, -0.05) is 194 Å². The third kappa shape index (κ3) is 6.86. The normalized spacial score (nSPS) is 11.5. The van der Waals surface area contributed by atoms with Crippen LogP contribution in [0, 0.1) is 0 Å². The Morgan fingerprint density at radius 3 is 1.18 bits per heavy atom. The van der Waals surface area contributed by atoms with Gasteiger partial charge in [-0.2, -0.15) is 0 Å². The first kappa shape index (κ1) is 39.3. The second-order valence-corrected chi connectivity index (χ2v) is 17.4. The molecule has 4 heteroatoms. The zero-order chi connectivity index (χ0) is 45.0. The van der Waals surface area contributed by atoms with Crippen LogP contribution in [0.1, 0.15) is 0 Å². The fourth-order valence-electron chi connectivity index (χ4n) is 10.00. The zero-order valence-electron chi connectivity index (χ0n) is 37.0. The molecular formula is C64H42N4. The molecule has 0 aliphatic rings. The van der Waals surface area contributed by atoms with Gasteiger partial charge in [0.2, 0.25) is 0 Å². The van der Waals surface area contributed by atoms with Gasteiger partial charge in [0.15, 0.2) is 5.82 Å². The van der Waals surface area contributed by atoms with Crippen molar-refractivity contribution in [2.75, 3.05) is 0 Å². The lowest BCUT2D eigenvalue weighted by Gasteiger charge is -2.12. The number of hydrogen-bond donors (Lipinski definition) is 0. The molecule has 3 aromatic heterocycles. The van der Waals surface area contributed by atoms with Crippen LogP contribution in [-0.4, -0.2) is 19.1 Å². The molecular weight excluding hydrogens is 825 g/mol. The van der Waals surface area contributed by atoms with Gasteiger partial charge in [0.25, 0.3) is 0 Å². The summed E-state index contributed by atoms with van der Waals surface area (Å²) in [6, 6.07) is 91.2. The van der Waals surface area contributed by atoms with E-state index in [4.69, 9.17) is 9.97 Å². The van der Waals surface area contributed by atoms with Gasteiger partial charge in [-0.05, 0) is 94.0 Å². The van der Waals surface area contributed by atoms with Crippen LogP contribution in [0.4, 0.5) is 0 Å². The van der Waals surface area contributed by atoms with Crippen molar-refractivity contribution in [3.8, 4) is 78.7 Å². The standard InChI is InChI=1S/C64H42N4/c1-4-14-43(15-5-1)44-24-26-45(27-25-44)46-28-34-52(35-29-46)67-61-23-13-11-21-55(61)57-40-50(33-39-62(57)67)51-32-38-56-54-20-10-12-22-60(54)68(63(56)41-51)53-36-30-48(31-37-53)59-42-58(47-16-6-2-7-17-47)65-64(66-59)49-18-8-3-9-19-49/h1-42H. The van der Waals surface area contributed by atoms with E-state index in [2.05, 4.69) is 240 Å². The summed E-state index contributed by atoms with van der Waals surface area (Å²) in [6.07, 6.45) is 0. The van der Waals surface area contributed by atoms with Crippen LogP contribution in [0.2, 0.25) is 0 Å². The second kappa shape index (κ2) is 16.4. The number of aromatic nitrogens is 4. The third-order valence-electron chi connectivity index (χ3n) is 13.4. The summed E-state index contributed by atoms with van der Waals surface area (Å²) in [5, 5.41) is 4.90. The SMILES string of the molecule is c1ccc(-c2ccc(-c3ccc(-n4c5ccccc5c5cc(-c6ccc7c8ccccc8n(-c8ccc(-c9cc(-c%10ccccc%10)nc(-c%10ccccc%10)n9)cc8)c7c6)ccc54)cc3)cc2)cc1. The lowest BCUT2D eigenvalue weighted by Crippen LogP contribution is -1.97. The smallest absolute Gasteiger partial charge is 0.160 e. The van der Waals surface area contributed by atoms with E-state index in [1.807, 2.05) is 24.3 Å². The molecule has 0 aliphatic heterocycles. The average molecular weight is 867 g/mol. The summed E-state index contributed by atoms with van der Waals surface area (Å²) in [4.78, 5) is 10.1. The number of nitrogens with zero attached hydrogens (tertiary/aromatic N) is 4. The molecule has 3 heterocycles. The largest absolute Gasteiger partial charge is 0.309 e. The molecule has 13 aromatic rings. The Labute approximate surface area is 394 Å². The van der Waals surface area contributed by atoms with Crippen molar-refractivity contribution in [2.45, 2.75) is 0 Å². The monoisotopic (exact) mass is 866 g/mol. The topological polar surface area (TPSA) is 35.6 Å². The van der Waals surface area contributed by atoms with Gasteiger partial charge in [0.05, 0.1) is 33.5 Å². The molecule has 0 saturated heterocycles. The molecule has 0 unspecified atom stereocenters. The molecule has 0 radical (unpaired) electrons. The van der Waals surface area contributed by atoms with Gasteiger partial charge in [-0.15, -0.1) is 0 Å². The van der Waals surface area contributed by atoms with Crippen LogP contribution in [-0.2, 0) is 0 Å². The minimum Gasteiger partial charge on any atom is -0.309 e. The molecule has 0 atom stereocenters. The zero-order valence-corrected chi connectivity index (χ0v) is 37.0. The van der Waals surface area contributed by atoms with Crippen LogP contribution in [0.5, 0.6) is 0 Å². The van der Waals surface area contributed by atoms with Gasteiger partial charge >= 0.3 is 0 Å². The van der Waals surface area contributed by atoms with Crippen LogP contribution in [0.15, 0.2) is 255 Å². The third-order valence-corrected chi connectivity index (χ3v) is 13.4. The molecule has 0 bridgehead atoms. The molecule has 10 aromatic carbocycles. The first-order valence-corrected chi connectivity index (χ1v) is 23.1. The Morgan fingerprint density at radius 2 is 0.588 bits per heavy atom. The van der Waals surface area contributed by atoms with Gasteiger partial charge in [-0.3, -0.25) is 0 Å². The average Bonchev–Trinajstić information content (AvgIpc) is 3.94. The van der Waals surface area contributed by atoms with E-state index >= 15 is 0 Å². The molecule has 0 N–H and O–H groups in total. The maximum atomic E-state index is 5.10. The van der Waals surface area contributed by atoms with Crippen molar-refractivity contribution in [2.24, 2.45) is 0 Å². The van der Waals surface area contributed by atoms with Crippen molar-refractivity contribution in [1.82, 2.24) is 19.1 Å². The second-order valence-electron chi connectivity index (χ2n) is 17.4. The van der Waals surface area contributed by atoms with Gasteiger partial charge in [0, 0.05) is 49.6 Å². The Kier molecular flexibility index (Phi) is 9.47. The van der Waals surface area contributed by atoms with E-state index in [9.17, 15) is 0 Å². The Bertz CT molecular complexity index is 3910. The van der Waals surface area contributed by atoms with Crippen molar-refractivity contribution in [3.63, 3.8) is 0 Å². The highest BCUT2D eigenvalue weighted by Crippen LogP contribution is 2.39. The maximum Gasteiger partial charge on any atom is 0.160 e. The molecule has 4 nitrogen and oxygen atoms in total. The van der Waals surface area contributed by atoms with Crippen molar-refractivity contribution < 1.29 is 0 Å². The number of benzene rings is 10. The summed E-state index contributed by atoms with van der Waals surface area (Å²) in [6.45, 7) is 0. The highest BCUT2D eigenvalue weighted by atomic mass is 15.0. The highest BCUT2D eigenvalue weighted by molar-refractivity contribution is 6.12. The van der Waals surface area contributed by atoms with Crippen LogP contribution < -0.4 is 0 Å². The van der Waals surface area contributed by atoms with Crippen LogP contribution in [0.3, 0.4) is 0 Å². The van der Waals surface area contributed by atoms with Crippen LogP contribution in [0.25, 0.3) is 122 Å². The van der Waals surface area contributed by atoms with Crippen molar-refractivity contribution in [1.29, 1.82) is 0 Å². The van der Waals surface area contributed by atoms with E-state index in [1.54, 1.807) is 0 Å². The summed E-state index contributed by atoms with van der Waals surface area (Å²) < 4.78 is 4.79. The minimum atomic E-state index is 0.708. The summed E-state index contributed by atoms with van der Waals surface area (Å²) in [5.41, 5.74) is 19.0. The number of fused-ring (bicyclic) bond motifs is 6. The van der Waals surface area contributed by atoms with Crippen LogP contribution >= 0.6 is 0 Å². The number of hydrogen-bond acceptors (Lipinski definition) is 2. The first-order chi connectivity index (χ1) is 33.7. The highest BCUT2D eigenvalue weighted by Gasteiger charge is 2.17.